The maximum atomic E-state index is 12.4. The van der Waals surface area contributed by atoms with Crippen LogP contribution in [0.25, 0.3) is 10.9 Å². The molecule has 3 aromatic carbocycles. The van der Waals surface area contributed by atoms with Gasteiger partial charge < -0.3 is 24.8 Å². The summed E-state index contributed by atoms with van der Waals surface area (Å²) in [7, 11) is -1.82. The van der Waals surface area contributed by atoms with Crippen LogP contribution < -0.4 is 20.1 Å². The van der Waals surface area contributed by atoms with E-state index in [9.17, 15) is 18.5 Å². The van der Waals surface area contributed by atoms with Gasteiger partial charge in [0.2, 0.25) is 0 Å². The largest absolute Gasteiger partial charge is 0.490 e. The van der Waals surface area contributed by atoms with Crippen molar-refractivity contribution in [3.63, 3.8) is 0 Å². The van der Waals surface area contributed by atoms with Gasteiger partial charge in [0.25, 0.3) is 0 Å². The number of carbonyl (C=O) groups is 1. The highest BCUT2D eigenvalue weighted by molar-refractivity contribution is 7.90. The molecule has 0 aliphatic heterocycles. The zero-order chi connectivity index (χ0) is 27.1. The number of hydrogen-bond acceptors (Lipinski definition) is 8. The summed E-state index contributed by atoms with van der Waals surface area (Å²) in [4.78, 5) is 16.9. The molecule has 0 atom stereocenters. The van der Waals surface area contributed by atoms with Gasteiger partial charge in [-0.3, -0.25) is 4.98 Å². The first-order chi connectivity index (χ1) is 18.3. The molecule has 4 aromatic rings. The highest BCUT2D eigenvalue weighted by atomic mass is 32.2. The summed E-state index contributed by atoms with van der Waals surface area (Å²) in [6, 6.07) is 19.3. The van der Waals surface area contributed by atoms with Crippen LogP contribution in [0.2, 0.25) is 0 Å². The smallest absolute Gasteiger partial charge is 0.323 e. The van der Waals surface area contributed by atoms with Crippen molar-refractivity contribution < 1.29 is 27.4 Å². The molecule has 2 N–H and O–H groups in total. The zero-order valence-electron chi connectivity index (χ0n) is 20.6. The highest BCUT2D eigenvalue weighted by Crippen LogP contribution is 2.33. The Kier molecular flexibility index (Phi) is 8.06. The van der Waals surface area contributed by atoms with E-state index in [4.69, 9.17) is 14.2 Å². The van der Waals surface area contributed by atoms with Gasteiger partial charge in [-0.2, -0.15) is 5.26 Å². The predicted molar refractivity (Wildman–Crippen MR) is 143 cm³/mol. The van der Waals surface area contributed by atoms with E-state index < -0.39 is 15.9 Å². The third-order valence-corrected chi connectivity index (χ3v) is 6.44. The number of nitriles is 1. The number of pyridine rings is 1. The van der Waals surface area contributed by atoms with Gasteiger partial charge in [-0.05, 0) is 54.6 Å². The molecule has 0 radical (unpaired) electrons. The van der Waals surface area contributed by atoms with Crippen LogP contribution in [0.1, 0.15) is 5.56 Å². The number of sulfone groups is 1. The second kappa shape index (κ2) is 11.6. The van der Waals surface area contributed by atoms with Crippen molar-refractivity contribution in [1.82, 2.24) is 4.98 Å². The topological polar surface area (TPSA) is 140 Å². The van der Waals surface area contributed by atoms with Crippen molar-refractivity contribution in [3.05, 3.63) is 78.5 Å². The Labute approximate surface area is 219 Å². The molecule has 10 nitrogen and oxygen atoms in total. The van der Waals surface area contributed by atoms with E-state index in [2.05, 4.69) is 21.7 Å². The van der Waals surface area contributed by atoms with Crippen LogP contribution in [-0.4, -0.2) is 46.0 Å². The number of urea groups is 1. The fourth-order valence-corrected chi connectivity index (χ4v) is 4.18. The van der Waals surface area contributed by atoms with Crippen molar-refractivity contribution >= 4 is 38.1 Å². The van der Waals surface area contributed by atoms with Gasteiger partial charge in [0.1, 0.15) is 29.9 Å². The lowest BCUT2D eigenvalue weighted by Crippen LogP contribution is -2.19. The Balaban J connectivity index is 1.45. The number of anilines is 2. The SMILES string of the molecule is COCCOc1cc2nccc(Oc3ccc(NC(=O)Nc4cccc(S(C)(=O)=O)c4)cc3)c2cc1C#N. The van der Waals surface area contributed by atoms with Crippen molar-refractivity contribution in [1.29, 1.82) is 5.26 Å². The standard InChI is InChI=1S/C27H24N4O6S/c1-35-12-13-36-26-16-24-23(14-18(26)17-28)25(10-11-29-24)37-21-8-6-19(7-9-21)30-27(32)31-20-4-3-5-22(15-20)38(2,33)34/h3-11,14-16H,12-13H2,1-2H3,(H2,30,31,32). The van der Waals surface area contributed by atoms with Crippen molar-refractivity contribution in [2.75, 3.05) is 37.2 Å². The maximum absolute atomic E-state index is 12.4. The Morgan fingerprint density at radius 3 is 2.45 bits per heavy atom. The lowest BCUT2D eigenvalue weighted by Gasteiger charge is -2.12. The number of fused-ring (bicyclic) bond motifs is 1. The van der Waals surface area contributed by atoms with Crippen molar-refractivity contribution in [3.8, 4) is 23.3 Å². The molecule has 0 fully saturated rings. The summed E-state index contributed by atoms with van der Waals surface area (Å²) in [5.41, 5.74) is 1.79. The van der Waals surface area contributed by atoms with E-state index in [1.165, 1.54) is 12.1 Å². The summed E-state index contributed by atoms with van der Waals surface area (Å²) >= 11 is 0. The lowest BCUT2D eigenvalue weighted by molar-refractivity contribution is 0.146. The molecule has 11 heteroatoms. The van der Waals surface area contributed by atoms with Crippen LogP contribution in [-0.2, 0) is 14.6 Å². The molecule has 0 unspecified atom stereocenters. The molecule has 0 saturated heterocycles. The first-order valence-electron chi connectivity index (χ1n) is 11.4. The van der Waals surface area contributed by atoms with Gasteiger partial charge in [-0.25, -0.2) is 13.2 Å². The number of benzene rings is 3. The molecule has 2 amide bonds. The number of hydrogen-bond donors (Lipinski definition) is 2. The summed E-state index contributed by atoms with van der Waals surface area (Å²) in [6.07, 6.45) is 2.70. The summed E-state index contributed by atoms with van der Waals surface area (Å²) < 4.78 is 40.1. The minimum absolute atomic E-state index is 0.108. The summed E-state index contributed by atoms with van der Waals surface area (Å²) in [5.74, 6) is 1.42. The van der Waals surface area contributed by atoms with Gasteiger partial charge in [0.15, 0.2) is 9.84 Å². The second-order valence-electron chi connectivity index (χ2n) is 8.13. The second-order valence-corrected chi connectivity index (χ2v) is 10.1. The normalized spacial score (nSPS) is 11.0. The molecule has 0 bridgehead atoms. The molecule has 0 saturated carbocycles. The quantitative estimate of drug-likeness (QED) is 0.288. The molecule has 0 spiro atoms. The Morgan fingerprint density at radius 2 is 1.74 bits per heavy atom. The van der Waals surface area contributed by atoms with Gasteiger partial charge in [0.05, 0.1) is 22.6 Å². The Bertz CT molecular complexity index is 1620. The summed E-state index contributed by atoms with van der Waals surface area (Å²) in [6.45, 7) is 0.695. The molecule has 1 heterocycles. The number of amides is 2. The molecule has 38 heavy (non-hydrogen) atoms. The average Bonchev–Trinajstić information content (AvgIpc) is 2.89. The number of nitrogens with one attached hydrogen (secondary N) is 2. The van der Waals surface area contributed by atoms with E-state index in [1.807, 2.05) is 0 Å². The van der Waals surface area contributed by atoms with Crippen molar-refractivity contribution in [2.45, 2.75) is 4.90 Å². The maximum Gasteiger partial charge on any atom is 0.323 e. The number of rotatable bonds is 9. The van der Waals surface area contributed by atoms with Crippen LogP contribution in [0.4, 0.5) is 16.2 Å². The molecule has 4 rings (SSSR count). The highest BCUT2D eigenvalue weighted by Gasteiger charge is 2.12. The Morgan fingerprint density at radius 1 is 0.974 bits per heavy atom. The number of ether oxygens (including phenoxy) is 3. The van der Waals surface area contributed by atoms with E-state index in [-0.39, 0.29) is 4.90 Å². The minimum Gasteiger partial charge on any atom is -0.490 e. The Hall–Kier alpha value is -4.66. The molecular formula is C27H24N4O6S. The van der Waals surface area contributed by atoms with Crippen LogP contribution in [0, 0.1) is 11.3 Å². The average molecular weight is 533 g/mol. The fraction of sp³-hybridized carbons (Fsp3) is 0.148. The number of methoxy groups -OCH3 is 1. The number of carbonyl (C=O) groups excluding carboxylic acids is 1. The van der Waals surface area contributed by atoms with E-state index >= 15 is 0 Å². The van der Waals surface area contributed by atoms with Crippen molar-refractivity contribution in [2.24, 2.45) is 0 Å². The van der Waals surface area contributed by atoms with Crippen LogP contribution in [0.3, 0.4) is 0 Å². The van der Waals surface area contributed by atoms with Gasteiger partial charge >= 0.3 is 6.03 Å². The van der Waals surface area contributed by atoms with Crippen LogP contribution in [0.5, 0.6) is 17.2 Å². The molecule has 0 aliphatic carbocycles. The zero-order valence-corrected chi connectivity index (χ0v) is 21.4. The van der Waals surface area contributed by atoms with E-state index in [1.54, 1.807) is 67.9 Å². The van der Waals surface area contributed by atoms with Gasteiger partial charge in [-0.1, -0.05) is 6.07 Å². The fourth-order valence-electron chi connectivity index (χ4n) is 3.51. The van der Waals surface area contributed by atoms with E-state index in [0.29, 0.717) is 58.3 Å². The number of nitrogens with zero attached hydrogens (tertiary/aromatic N) is 2. The first-order valence-corrected chi connectivity index (χ1v) is 13.3. The molecule has 194 valence electrons. The number of aromatic nitrogens is 1. The molecular weight excluding hydrogens is 508 g/mol. The minimum atomic E-state index is -3.39. The van der Waals surface area contributed by atoms with Crippen LogP contribution >= 0.6 is 0 Å². The van der Waals surface area contributed by atoms with Gasteiger partial charge in [0, 0.05) is 42.4 Å². The monoisotopic (exact) mass is 532 g/mol. The lowest BCUT2D eigenvalue weighted by atomic mass is 10.1. The third-order valence-electron chi connectivity index (χ3n) is 5.33. The predicted octanol–water partition coefficient (Wildman–Crippen LogP) is 4.97. The summed E-state index contributed by atoms with van der Waals surface area (Å²) in [5, 5.41) is 15.5. The molecule has 0 aliphatic rings. The first kappa shape index (κ1) is 26.4. The van der Waals surface area contributed by atoms with Gasteiger partial charge in [-0.15, -0.1) is 0 Å². The molecule has 1 aromatic heterocycles. The third kappa shape index (κ3) is 6.56. The van der Waals surface area contributed by atoms with Crippen LogP contribution in [0.15, 0.2) is 77.8 Å². The van der Waals surface area contributed by atoms with E-state index in [0.717, 1.165) is 6.26 Å².